The number of nitrogens with one attached hydrogen (secondary N) is 1. The lowest BCUT2D eigenvalue weighted by Gasteiger charge is -2.12. The minimum absolute atomic E-state index is 0.0796. The van der Waals surface area contributed by atoms with Gasteiger partial charge >= 0.3 is 0 Å². The van der Waals surface area contributed by atoms with Gasteiger partial charge in [-0.25, -0.2) is 9.50 Å². The molecule has 0 atom stereocenters. The molecule has 0 aliphatic heterocycles. The molecule has 0 fully saturated rings. The summed E-state index contributed by atoms with van der Waals surface area (Å²) in [6, 6.07) is 12.4. The molecule has 2 heterocycles. The Morgan fingerprint density at radius 3 is 2.58 bits per heavy atom. The fourth-order valence-electron chi connectivity index (χ4n) is 3.89. The van der Waals surface area contributed by atoms with E-state index in [-0.39, 0.29) is 11.7 Å². The monoisotopic (exact) mass is 459 g/mol. The van der Waals surface area contributed by atoms with Gasteiger partial charge in [0.1, 0.15) is 0 Å². The largest absolute Gasteiger partial charge is 0.325 e. The highest BCUT2D eigenvalue weighted by molar-refractivity contribution is 7.99. The van der Waals surface area contributed by atoms with E-state index in [0.717, 1.165) is 40.2 Å². The summed E-state index contributed by atoms with van der Waals surface area (Å²) < 4.78 is 1.79. The number of amides is 1. The summed E-state index contributed by atoms with van der Waals surface area (Å²) in [5.74, 6) is 0.716. The number of nitrogens with zero attached hydrogens (tertiary/aromatic N) is 4. The molecule has 1 N–H and O–H groups in total. The Balaban J connectivity index is 1.52. The van der Waals surface area contributed by atoms with Gasteiger partial charge in [-0.2, -0.15) is 4.98 Å². The van der Waals surface area contributed by atoms with Gasteiger partial charge in [0.25, 0.3) is 5.78 Å². The summed E-state index contributed by atoms with van der Waals surface area (Å²) in [6.45, 7) is 12.4. The van der Waals surface area contributed by atoms with Crippen LogP contribution < -0.4 is 5.32 Å². The summed E-state index contributed by atoms with van der Waals surface area (Å²) in [6.07, 6.45) is 0.800. The molecule has 33 heavy (non-hydrogen) atoms. The Hall–Kier alpha value is -3.19. The number of rotatable bonds is 6. The first kappa shape index (κ1) is 23.0. The molecule has 6 nitrogen and oxygen atoms in total. The predicted octanol–water partition coefficient (Wildman–Crippen LogP) is 5.30. The van der Waals surface area contributed by atoms with Crippen molar-refractivity contribution in [3.05, 3.63) is 81.2 Å². The molecule has 2 aromatic heterocycles. The van der Waals surface area contributed by atoms with Crippen molar-refractivity contribution in [2.75, 3.05) is 11.1 Å². The number of carbonyl (C=O) groups excluding carboxylic acids is 1. The molecule has 170 valence electrons. The molecular formula is C26H29N5OS. The predicted molar refractivity (Wildman–Crippen MR) is 134 cm³/mol. The van der Waals surface area contributed by atoms with Crippen molar-refractivity contribution in [3.8, 4) is 0 Å². The first-order chi connectivity index (χ1) is 15.7. The Bertz CT molecular complexity index is 1360. The number of hydrogen-bond donors (Lipinski definition) is 1. The van der Waals surface area contributed by atoms with Crippen molar-refractivity contribution >= 4 is 29.1 Å². The van der Waals surface area contributed by atoms with E-state index in [2.05, 4.69) is 54.4 Å². The summed E-state index contributed by atoms with van der Waals surface area (Å²) >= 11 is 1.32. The number of aryl methyl sites for hydroxylation is 5. The van der Waals surface area contributed by atoms with Crippen LogP contribution in [-0.2, 0) is 11.2 Å². The Labute approximate surface area is 198 Å². The third-order valence-electron chi connectivity index (χ3n) is 6.11. The third-order valence-corrected chi connectivity index (χ3v) is 6.95. The van der Waals surface area contributed by atoms with Crippen LogP contribution in [0.3, 0.4) is 0 Å². The van der Waals surface area contributed by atoms with E-state index in [1.165, 1.54) is 28.5 Å². The molecule has 4 aromatic rings. The maximum Gasteiger partial charge on any atom is 0.253 e. The molecule has 0 unspecified atom stereocenters. The van der Waals surface area contributed by atoms with Crippen molar-refractivity contribution < 1.29 is 4.79 Å². The maximum absolute atomic E-state index is 12.5. The molecule has 0 saturated carbocycles. The quantitative estimate of drug-likeness (QED) is 0.396. The van der Waals surface area contributed by atoms with Crippen molar-refractivity contribution in [2.24, 2.45) is 0 Å². The van der Waals surface area contributed by atoms with Gasteiger partial charge in [-0.15, -0.1) is 5.10 Å². The zero-order valence-electron chi connectivity index (χ0n) is 20.0. The highest BCUT2D eigenvalue weighted by Gasteiger charge is 2.16. The molecule has 0 saturated heterocycles. The van der Waals surface area contributed by atoms with Crippen molar-refractivity contribution in [2.45, 2.75) is 53.1 Å². The van der Waals surface area contributed by atoms with Crippen LogP contribution in [0, 0.1) is 41.5 Å². The van der Waals surface area contributed by atoms with Gasteiger partial charge in [-0.1, -0.05) is 47.7 Å². The third kappa shape index (κ3) is 4.93. The van der Waals surface area contributed by atoms with Gasteiger partial charge in [0.15, 0.2) is 0 Å². The van der Waals surface area contributed by atoms with Crippen LogP contribution in [0.2, 0.25) is 0 Å². The maximum atomic E-state index is 12.5. The SMILES string of the molecule is Cc1ccc(C)c(Cc2c(C)nc3nc(SCC(=O)Nc4cccc(C)c4C)nn3c2C)c1. The second-order valence-corrected chi connectivity index (χ2v) is 9.50. The van der Waals surface area contributed by atoms with Gasteiger partial charge in [0.2, 0.25) is 11.1 Å². The molecule has 0 aliphatic rings. The van der Waals surface area contributed by atoms with E-state index in [4.69, 9.17) is 4.98 Å². The molecule has 0 aliphatic carbocycles. The van der Waals surface area contributed by atoms with Crippen LogP contribution in [0.15, 0.2) is 41.6 Å². The standard InChI is InChI=1S/C26H29N5OS/c1-15-10-11-17(3)21(12-15)13-22-19(5)27-25-29-26(30-31(25)20(22)6)33-14-24(32)28-23-9-7-8-16(2)18(23)4/h7-12H,13-14H2,1-6H3,(H,28,32). The highest BCUT2D eigenvalue weighted by Crippen LogP contribution is 2.23. The topological polar surface area (TPSA) is 72.2 Å². The number of thioether (sulfide) groups is 1. The zero-order chi connectivity index (χ0) is 23.7. The lowest BCUT2D eigenvalue weighted by molar-refractivity contribution is -0.113. The minimum Gasteiger partial charge on any atom is -0.325 e. The molecule has 0 radical (unpaired) electrons. The molecule has 4 rings (SSSR count). The van der Waals surface area contributed by atoms with Crippen LogP contribution in [-0.4, -0.2) is 31.2 Å². The van der Waals surface area contributed by atoms with Crippen LogP contribution in [0.1, 0.15) is 44.8 Å². The lowest BCUT2D eigenvalue weighted by atomic mass is 9.97. The van der Waals surface area contributed by atoms with E-state index in [1.54, 1.807) is 4.52 Å². The lowest BCUT2D eigenvalue weighted by Crippen LogP contribution is -2.15. The van der Waals surface area contributed by atoms with E-state index in [9.17, 15) is 4.79 Å². The van der Waals surface area contributed by atoms with Crippen molar-refractivity contribution in [1.29, 1.82) is 0 Å². The number of carbonyl (C=O) groups is 1. The second kappa shape index (κ2) is 9.35. The zero-order valence-corrected chi connectivity index (χ0v) is 20.8. The second-order valence-electron chi connectivity index (χ2n) is 8.56. The number of anilines is 1. The number of benzene rings is 2. The summed E-state index contributed by atoms with van der Waals surface area (Å²) in [5, 5.41) is 8.16. The van der Waals surface area contributed by atoms with E-state index >= 15 is 0 Å². The van der Waals surface area contributed by atoms with Crippen molar-refractivity contribution in [3.63, 3.8) is 0 Å². The van der Waals surface area contributed by atoms with Crippen molar-refractivity contribution in [1.82, 2.24) is 19.6 Å². The highest BCUT2D eigenvalue weighted by atomic mass is 32.2. The van der Waals surface area contributed by atoms with Gasteiger partial charge in [0.05, 0.1) is 5.75 Å². The number of fused-ring (bicyclic) bond motifs is 1. The van der Waals surface area contributed by atoms with Gasteiger partial charge in [-0.3, -0.25) is 4.79 Å². The van der Waals surface area contributed by atoms with Crippen LogP contribution in [0.4, 0.5) is 5.69 Å². The Kier molecular flexibility index (Phi) is 6.51. The fourth-order valence-corrected chi connectivity index (χ4v) is 4.51. The van der Waals surface area contributed by atoms with E-state index < -0.39 is 0 Å². The normalized spacial score (nSPS) is 11.2. The first-order valence-corrected chi connectivity index (χ1v) is 12.0. The molecule has 1 amide bonds. The van der Waals surface area contributed by atoms with Gasteiger partial charge < -0.3 is 5.32 Å². The fraction of sp³-hybridized carbons (Fsp3) is 0.308. The Morgan fingerprint density at radius 2 is 1.79 bits per heavy atom. The average Bonchev–Trinajstić information content (AvgIpc) is 3.18. The van der Waals surface area contributed by atoms with Crippen LogP contribution >= 0.6 is 11.8 Å². The Morgan fingerprint density at radius 1 is 1.00 bits per heavy atom. The molecule has 0 spiro atoms. The van der Waals surface area contributed by atoms with E-state index in [0.29, 0.717) is 10.9 Å². The van der Waals surface area contributed by atoms with Crippen LogP contribution in [0.5, 0.6) is 0 Å². The molecule has 2 aromatic carbocycles. The summed E-state index contributed by atoms with van der Waals surface area (Å²) in [5.41, 5.74) is 10.0. The number of aromatic nitrogens is 4. The van der Waals surface area contributed by atoms with Gasteiger partial charge in [0, 0.05) is 23.5 Å². The smallest absolute Gasteiger partial charge is 0.253 e. The molecular weight excluding hydrogens is 430 g/mol. The summed E-state index contributed by atoms with van der Waals surface area (Å²) in [7, 11) is 0. The molecule has 7 heteroatoms. The van der Waals surface area contributed by atoms with Gasteiger partial charge in [-0.05, 0) is 75.4 Å². The number of hydrogen-bond acceptors (Lipinski definition) is 5. The van der Waals surface area contributed by atoms with Crippen LogP contribution in [0.25, 0.3) is 5.78 Å². The average molecular weight is 460 g/mol. The minimum atomic E-state index is -0.0796. The first-order valence-electron chi connectivity index (χ1n) is 11.0. The summed E-state index contributed by atoms with van der Waals surface area (Å²) in [4.78, 5) is 21.7. The van der Waals surface area contributed by atoms with E-state index in [1.807, 2.05) is 39.0 Å². The molecule has 0 bridgehead atoms.